The average Bonchev–Trinajstić information content (AvgIpc) is 3.22. The number of hydrogen-bond acceptors (Lipinski definition) is 3. The maximum absolute atomic E-state index is 13.0. The van der Waals surface area contributed by atoms with Gasteiger partial charge in [-0.2, -0.15) is 5.10 Å². The Kier molecular flexibility index (Phi) is 4.07. The van der Waals surface area contributed by atoms with E-state index in [2.05, 4.69) is 15.8 Å². The summed E-state index contributed by atoms with van der Waals surface area (Å²) in [5.74, 6) is -3.61. The number of hydrazone groups is 1. The van der Waals surface area contributed by atoms with Gasteiger partial charge in [-0.05, 0) is 38.0 Å². The lowest BCUT2D eigenvalue weighted by atomic mass is 10.1. The second-order valence-electron chi connectivity index (χ2n) is 4.51. The third kappa shape index (κ3) is 3.59. The molecule has 20 heavy (non-hydrogen) atoms. The van der Waals surface area contributed by atoms with E-state index in [1.54, 1.807) is 0 Å². The molecule has 2 amide bonds. The fourth-order valence-electron chi connectivity index (χ4n) is 1.45. The number of rotatable bonds is 3. The van der Waals surface area contributed by atoms with E-state index in [0.29, 0.717) is 5.56 Å². The maximum Gasteiger partial charge on any atom is 0.329 e. The van der Waals surface area contributed by atoms with Gasteiger partial charge in [0.15, 0.2) is 11.6 Å². The van der Waals surface area contributed by atoms with Crippen molar-refractivity contribution < 1.29 is 18.4 Å². The summed E-state index contributed by atoms with van der Waals surface area (Å²) < 4.78 is 25.8. The third-order valence-electron chi connectivity index (χ3n) is 2.78. The SMILES string of the molecule is C/C(=N/NC(=O)C(=O)NC1CC1)c1ccc(F)c(F)c1. The van der Waals surface area contributed by atoms with E-state index in [-0.39, 0.29) is 11.8 Å². The predicted octanol–water partition coefficient (Wildman–Crippen LogP) is 1.08. The Bertz CT molecular complexity index is 583. The molecule has 5 nitrogen and oxygen atoms in total. The molecular formula is C13H13F2N3O2. The van der Waals surface area contributed by atoms with Crippen LogP contribution in [0.2, 0.25) is 0 Å². The number of hydrogen-bond donors (Lipinski definition) is 2. The minimum atomic E-state index is -1.00. The summed E-state index contributed by atoms with van der Waals surface area (Å²) in [6, 6.07) is 3.33. The van der Waals surface area contributed by atoms with E-state index < -0.39 is 23.4 Å². The van der Waals surface area contributed by atoms with Gasteiger partial charge in [0.1, 0.15) is 0 Å². The van der Waals surface area contributed by atoms with Crippen LogP contribution in [0.15, 0.2) is 23.3 Å². The Morgan fingerprint density at radius 3 is 2.50 bits per heavy atom. The zero-order valence-electron chi connectivity index (χ0n) is 10.7. The van der Waals surface area contributed by atoms with Gasteiger partial charge in [-0.15, -0.1) is 0 Å². The first-order valence-electron chi connectivity index (χ1n) is 6.08. The van der Waals surface area contributed by atoms with Gasteiger partial charge in [-0.25, -0.2) is 14.2 Å². The van der Waals surface area contributed by atoms with Crippen molar-refractivity contribution in [3.8, 4) is 0 Å². The summed E-state index contributed by atoms with van der Waals surface area (Å²) in [5.41, 5.74) is 2.64. The van der Waals surface area contributed by atoms with Gasteiger partial charge in [0.05, 0.1) is 5.71 Å². The Morgan fingerprint density at radius 2 is 1.90 bits per heavy atom. The molecule has 2 N–H and O–H groups in total. The van der Waals surface area contributed by atoms with Crippen LogP contribution in [0.3, 0.4) is 0 Å². The highest BCUT2D eigenvalue weighted by Gasteiger charge is 2.26. The molecule has 0 saturated heterocycles. The highest BCUT2D eigenvalue weighted by Crippen LogP contribution is 2.18. The largest absolute Gasteiger partial charge is 0.345 e. The fourth-order valence-corrected chi connectivity index (χ4v) is 1.45. The molecule has 0 radical (unpaired) electrons. The van der Waals surface area contributed by atoms with Gasteiger partial charge < -0.3 is 5.32 Å². The van der Waals surface area contributed by atoms with Crippen molar-refractivity contribution in [1.82, 2.24) is 10.7 Å². The first-order chi connectivity index (χ1) is 9.47. The minimum Gasteiger partial charge on any atom is -0.345 e. The lowest BCUT2D eigenvalue weighted by Gasteiger charge is -2.04. The molecule has 0 aliphatic heterocycles. The highest BCUT2D eigenvalue weighted by atomic mass is 19.2. The molecule has 2 rings (SSSR count). The molecule has 0 heterocycles. The van der Waals surface area contributed by atoms with Crippen molar-refractivity contribution in [3.05, 3.63) is 35.4 Å². The van der Waals surface area contributed by atoms with Gasteiger partial charge in [0.2, 0.25) is 0 Å². The lowest BCUT2D eigenvalue weighted by molar-refractivity contribution is -0.139. The highest BCUT2D eigenvalue weighted by molar-refractivity contribution is 6.35. The molecule has 1 aromatic rings. The van der Waals surface area contributed by atoms with Crippen molar-refractivity contribution in [2.45, 2.75) is 25.8 Å². The maximum atomic E-state index is 13.0. The van der Waals surface area contributed by atoms with E-state index in [0.717, 1.165) is 25.0 Å². The minimum absolute atomic E-state index is 0.0736. The standard InChI is InChI=1S/C13H13F2N3O2/c1-7(8-2-5-10(14)11(15)6-8)17-18-13(20)12(19)16-9-3-4-9/h2,5-6,9H,3-4H2,1H3,(H,16,19)(H,18,20)/b17-7-. The van der Waals surface area contributed by atoms with Crippen LogP contribution in [-0.2, 0) is 9.59 Å². The van der Waals surface area contributed by atoms with Crippen molar-refractivity contribution in [2.24, 2.45) is 5.10 Å². The number of carbonyl (C=O) groups is 2. The van der Waals surface area contributed by atoms with Crippen molar-refractivity contribution in [1.29, 1.82) is 0 Å². The quantitative estimate of drug-likeness (QED) is 0.494. The Morgan fingerprint density at radius 1 is 1.20 bits per heavy atom. The first-order valence-corrected chi connectivity index (χ1v) is 6.08. The van der Waals surface area contributed by atoms with E-state index in [4.69, 9.17) is 0 Å². The Labute approximate surface area is 114 Å². The van der Waals surface area contributed by atoms with Crippen LogP contribution in [-0.4, -0.2) is 23.6 Å². The smallest absolute Gasteiger partial charge is 0.329 e. The Balaban J connectivity index is 1.96. The molecule has 1 aromatic carbocycles. The molecule has 106 valence electrons. The zero-order chi connectivity index (χ0) is 14.7. The molecule has 0 atom stereocenters. The number of halogens is 2. The summed E-state index contributed by atoms with van der Waals surface area (Å²) in [5, 5.41) is 6.18. The van der Waals surface area contributed by atoms with Crippen LogP contribution >= 0.6 is 0 Å². The number of amides is 2. The van der Waals surface area contributed by atoms with Crippen molar-refractivity contribution in [3.63, 3.8) is 0 Å². The lowest BCUT2D eigenvalue weighted by Crippen LogP contribution is -2.39. The van der Waals surface area contributed by atoms with Gasteiger partial charge in [0.25, 0.3) is 0 Å². The second-order valence-corrected chi connectivity index (χ2v) is 4.51. The molecule has 0 unspecified atom stereocenters. The van der Waals surface area contributed by atoms with E-state index in [9.17, 15) is 18.4 Å². The normalized spacial score (nSPS) is 14.8. The molecule has 0 bridgehead atoms. The molecule has 0 aromatic heterocycles. The molecule has 0 spiro atoms. The van der Waals surface area contributed by atoms with Crippen LogP contribution in [0, 0.1) is 11.6 Å². The van der Waals surface area contributed by atoms with E-state index in [1.165, 1.54) is 13.0 Å². The molecule has 1 aliphatic carbocycles. The predicted molar refractivity (Wildman–Crippen MR) is 67.9 cm³/mol. The van der Waals surface area contributed by atoms with Gasteiger partial charge in [-0.3, -0.25) is 9.59 Å². The summed E-state index contributed by atoms with van der Waals surface area (Å²) >= 11 is 0. The molecule has 1 aliphatic rings. The monoisotopic (exact) mass is 281 g/mol. The summed E-state index contributed by atoms with van der Waals surface area (Å²) in [6.07, 6.45) is 1.74. The molecule has 1 fully saturated rings. The zero-order valence-corrected chi connectivity index (χ0v) is 10.7. The van der Waals surface area contributed by atoms with Crippen LogP contribution < -0.4 is 10.7 Å². The van der Waals surface area contributed by atoms with Crippen LogP contribution in [0.1, 0.15) is 25.3 Å². The van der Waals surface area contributed by atoms with Crippen LogP contribution in [0.5, 0.6) is 0 Å². The van der Waals surface area contributed by atoms with Crippen LogP contribution in [0.25, 0.3) is 0 Å². The summed E-state index contributed by atoms with van der Waals surface area (Å²) in [6.45, 7) is 1.51. The van der Waals surface area contributed by atoms with Gasteiger partial charge >= 0.3 is 11.8 Å². The number of nitrogens with zero attached hydrogens (tertiary/aromatic N) is 1. The number of benzene rings is 1. The molecule has 7 heteroatoms. The van der Waals surface area contributed by atoms with E-state index in [1.807, 2.05) is 0 Å². The topological polar surface area (TPSA) is 70.6 Å². The van der Waals surface area contributed by atoms with E-state index >= 15 is 0 Å². The summed E-state index contributed by atoms with van der Waals surface area (Å²) in [4.78, 5) is 22.7. The fraction of sp³-hybridized carbons (Fsp3) is 0.308. The van der Waals surface area contributed by atoms with Gasteiger partial charge in [-0.1, -0.05) is 0 Å². The summed E-state index contributed by atoms with van der Waals surface area (Å²) in [7, 11) is 0. The van der Waals surface area contributed by atoms with Crippen LogP contribution in [0.4, 0.5) is 8.78 Å². The first kappa shape index (κ1) is 14.1. The van der Waals surface area contributed by atoms with Crippen molar-refractivity contribution in [2.75, 3.05) is 0 Å². The van der Waals surface area contributed by atoms with Crippen molar-refractivity contribution >= 4 is 17.5 Å². The number of nitrogens with one attached hydrogen (secondary N) is 2. The molecule has 1 saturated carbocycles. The Hall–Kier alpha value is -2.31. The van der Waals surface area contributed by atoms with Gasteiger partial charge in [0, 0.05) is 11.6 Å². The molecular weight excluding hydrogens is 268 g/mol. The number of carbonyl (C=O) groups excluding carboxylic acids is 2. The second kappa shape index (κ2) is 5.77. The third-order valence-corrected chi connectivity index (χ3v) is 2.78. The average molecular weight is 281 g/mol.